The largest absolute Gasteiger partial charge is 0.508 e. The molecule has 1 saturated carbocycles. The zero-order valence-corrected chi connectivity index (χ0v) is 15.0. The third-order valence-electron chi connectivity index (χ3n) is 5.14. The molecule has 4 rings (SSSR count). The van der Waals surface area contributed by atoms with Crippen molar-refractivity contribution >= 4 is 11.8 Å². The maximum Gasteiger partial charge on any atom is 0.254 e. The predicted octanol–water partition coefficient (Wildman–Crippen LogP) is 2.09. The Balaban J connectivity index is 1.45. The highest BCUT2D eigenvalue weighted by molar-refractivity contribution is 5.94. The maximum absolute atomic E-state index is 13.0. The molecule has 2 amide bonds. The van der Waals surface area contributed by atoms with Gasteiger partial charge in [-0.1, -0.05) is 6.07 Å². The number of fused-ring (bicyclic) bond motifs is 1. The molecule has 1 aliphatic heterocycles. The minimum absolute atomic E-state index is 0.00105. The van der Waals surface area contributed by atoms with E-state index in [2.05, 4.69) is 10.4 Å². The molecule has 1 aliphatic carbocycles. The highest BCUT2D eigenvalue weighted by atomic mass is 19.3. The van der Waals surface area contributed by atoms with Crippen molar-refractivity contribution in [2.45, 2.75) is 43.8 Å². The Morgan fingerprint density at radius 3 is 2.79 bits per heavy atom. The lowest BCUT2D eigenvalue weighted by atomic mass is 9.88. The van der Waals surface area contributed by atoms with Crippen molar-refractivity contribution in [2.24, 2.45) is 0 Å². The number of aromatic nitrogens is 2. The molecular formula is C19H20F2N4O3. The van der Waals surface area contributed by atoms with E-state index in [1.165, 1.54) is 12.1 Å². The van der Waals surface area contributed by atoms with Gasteiger partial charge in [-0.05, 0) is 24.3 Å². The summed E-state index contributed by atoms with van der Waals surface area (Å²) in [5, 5.41) is 16.5. The number of halogens is 2. The number of carbonyl (C=O) groups excluding carboxylic acids is 2. The fourth-order valence-electron chi connectivity index (χ4n) is 3.78. The van der Waals surface area contributed by atoms with Crippen molar-refractivity contribution in [3.63, 3.8) is 0 Å². The third kappa shape index (κ3) is 3.69. The van der Waals surface area contributed by atoms with Crippen LogP contribution >= 0.6 is 0 Å². The summed E-state index contributed by atoms with van der Waals surface area (Å²) in [6, 6.07) is 6.97. The predicted molar refractivity (Wildman–Crippen MR) is 94.8 cm³/mol. The van der Waals surface area contributed by atoms with Crippen molar-refractivity contribution in [3.05, 3.63) is 47.8 Å². The molecule has 0 radical (unpaired) electrons. The van der Waals surface area contributed by atoms with Crippen LogP contribution in [0.2, 0.25) is 0 Å². The third-order valence-corrected chi connectivity index (χ3v) is 5.14. The van der Waals surface area contributed by atoms with Crippen molar-refractivity contribution in [2.75, 3.05) is 6.54 Å². The summed E-state index contributed by atoms with van der Waals surface area (Å²) >= 11 is 0. The second kappa shape index (κ2) is 6.88. The molecule has 7 nitrogen and oxygen atoms in total. The van der Waals surface area contributed by atoms with E-state index >= 15 is 0 Å². The molecule has 2 heterocycles. The molecule has 2 aliphatic rings. The van der Waals surface area contributed by atoms with Gasteiger partial charge in [0.15, 0.2) is 0 Å². The number of benzene rings is 1. The fourth-order valence-corrected chi connectivity index (χ4v) is 3.78. The number of nitrogens with one attached hydrogen (secondary N) is 1. The lowest BCUT2D eigenvalue weighted by Crippen LogP contribution is -2.51. The van der Waals surface area contributed by atoms with E-state index in [9.17, 15) is 23.5 Å². The number of rotatable bonds is 4. The molecule has 0 saturated heterocycles. The maximum atomic E-state index is 13.0. The van der Waals surface area contributed by atoms with Crippen LogP contribution in [0, 0.1) is 0 Å². The van der Waals surface area contributed by atoms with E-state index in [1.807, 2.05) is 0 Å². The van der Waals surface area contributed by atoms with Crippen LogP contribution in [0.4, 0.5) is 8.78 Å². The molecule has 0 unspecified atom stereocenters. The van der Waals surface area contributed by atoms with Gasteiger partial charge in [0.2, 0.25) is 5.91 Å². The van der Waals surface area contributed by atoms with E-state index < -0.39 is 12.0 Å². The molecule has 2 N–H and O–H groups in total. The van der Waals surface area contributed by atoms with Gasteiger partial charge in [-0.25, -0.2) is 8.78 Å². The number of hydrogen-bond donors (Lipinski definition) is 2. The van der Waals surface area contributed by atoms with Gasteiger partial charge in [0.25, 0.3) is 11.8 Å². The zero-order chi connectivity index (χ0) is 19.9. The first-order valence-corrected chi connectivity index (χ1v) is 9.09. The van der Waals surface area contributed by atoms with Crippen molar-refractivity contribution in [3.8, 4) is 5.75 Å². The number of amides is 2. The number of alkyl halides is 2. The summed E-state index contributed by atoms with van der Waals surface area (Å²) in [5.41, 5.74) is 1.14. The van der Waals surface area contributed by atoms with Gasteiger partial charge in [-0.2, -0.15) is 5.10 Å². The summed E-state index contributed by atoms with van der Waals surface area (Å²) in [4.78, 5) is 26.7. The van der Waals surface area contributed by atoms with Gasteiger partial charge in [-0.3, -0.25) is 14.3 Å². The highest BCUT2D eigenvalue weighted by Crippen LogP contribution is 2.37. The van der Waals surface area contributed by atoms with Crippen molar-refractivity contribution in [1.82, 2.24) is 20.0 Å². The molecule has 0 spiro atoms. The fraction of sp³-hybridized carbons (Fsp3) is 0.421. The average molecular weight is 390 g/mol. The first kappa shape index (κ1) is 18.4. The first-order chi connectivity index (χ1) is 13.3. The highest BCUT2D eigenvalue weighted by Gasteiger charge is 2.46. The molecule has 1 atom stereocenters. The number of carbonyl (C=O) groups is 2. The van der Waals surface area contributed by atoms with Crippen LogP contribution in [-0.2, 0) is 11.3 Å². The Hall–Kier alpha value is -2.97. The lowest BCUT2D eigenvalue weighted by Gasteiger charge is -2.37. The quantitative estimate of drug-likeness (QED) is 0.837. The lowest BCUT2D eigenvalue weighted by molar-refractivity contribution is -0.130. The topological polar surface area (TPSA) is 87.5 Å². The second-order valence-electron chi connectivity index (χ2n) is 7.39. The van der Waals surface area contributed by atoms with Gasteiger partial charge in [0.1, 0.15) is 5.75 Å². The molecular weight excluding hydrogens is 370 g/mol. The molecule has 9 heteroatoms. The first-order valence-electron chi connectivity index (χ1n) is 9.09. The Morgan fingerprint density at radius 2 is 2.07 bits per heavy atom. The van der Waals surface area contributed by atoms with Gasteiger partial charge in [0, 0.05) is 37.2 Å². The summed E-state index contributed by atoms with van der Waals surface area (Å²) in [6.07, 6.45) is 0.979. The van der Waals surface area contributed by atoms with Crippen LogP contribution in [-0.4, -0.2) is 50.1 Å². The molecule has 28 heavy (non-hydrogen) atoms. The molecule has 1 fully saturated rings. The van der Waals surface area contributed by atoms with Crippen LogP contribution in [0.5, 0.6) is 5.75 Å². The van der Waals surface area contributed by atoms with Crippen LogP contribution in [0.15, 0.2) is 36.5 Å². The van der Waals surface area contributed by atoms with Gasteiger partial charge < -0.3 is 15.3 Å². The van der Waals surface area contributed by atoms with Crippen LogP contribution in [0.3, 0.4) is 0 Å². The Labute approximate surface area is 159 Å². The Morgan fingerprint density at radius 1 is 1.29 bits per heavy atom. The normalized spacial score (nSPS) is 20.9. The number of nitrogens with zero attached hydrogens (tertiary/aromatic N) is 3. The van der Waals surface area contributed by atoms with Gasteiger partial charge in [0.05, 0.1) is 24.7 Å². The molecule has 1 aromatic carbocycles. The van der Waals surface area contributed by atoms with Crippen LogP contribution in [0.25, 0.3) is 0 Å². The second-order valence-corrected chi connectivity index (χ2v) is 7.39. The summed E-state index contributed by atoms with van der Waals surface area (Å²) in [5.74, 6) is -3.28. The van der Waals surface area contributed by atoms with Crippen molar-refractivity contribution in [1.29, 1.82) is 0 Å². The van der Waals surface area contributed by atoms with E-state index in [0.29, 0.717) is 12.1 Å². The number of phenols is 1. The molecule has 0 bridgehead atoms. The van der Waals surface area contributed by atoms with Crippen LogP contribution in [0.1, 0.15) is 41.4 Å². The Bertz CT molecular complexity index is 906. The Kier molecular flexibility index (Phi) is 4.52. The smallest absolute Gasteiger partial charge is 0.254 e. The van der Waals surface area contributed by atoms with Gasteiger partial charge >= 0.3 is 0 Å². The van der Waals surface area contributed by atoms with Crippen LogP contribution < -0.4 is 5.32 Å². The standard InChI is InChI=1S/C19H20F2N4O3/c20-19(21)8-13(9-19)23-17(27)7-15-11-24(10-14-4-5-22-25(14)15)18(28)12-2-1-3-16(26)6-12/h1-6,13,15,26H,7-11H2,(H,23,27)/t15-/m1/s1. The number of aromatic hydroxyl groups is 1. The van der Waals surface area contributed by atoms with E-state index in [0.717, 1.165) is 5.69 Å². The summed E-state index contributed by atoms with van der Waals surface area (Å²) in [6.45, 7) is 0.596. The van der Waals surface area contributed by atoms with Gasteiger partial charge in [-0.15, -0.1) is 0 Å². The van der Waals surface area contributed by atoms with E-state index in [4.69, 9.17) is 0 Å². The summed E-state index contributed by atoms with van der Waals surface area (Å²) in [7, 11) is 0. The zero-order valence-electron chi connectivity index (χ0n) is 15.0. The minimum Gasteiger partial charge on any atom is -0.508 e. The summed E-state index contributed by atoms with van der Waals surface area (Å²) < 4.78 is 27.6. The monoisotopic (exact) mass is 390 g/mol. The average Bonchev–Trinajstić information content (AvgIpc) is 3.08. The van der Waals surface area contributed by atoms with E-state index in [-0.39, 0.29) is 49.4 Å². The molecule has 2 aromatic rings. The molecule has 148 valence electrons. The van der Waals surface area contributed by atoms with Crippen molar-refractivity contribution < 1.29 is 23.5 Å². The van der Waals surface area contributed by atoms with E-state index in [1.54, 1.807) is 34.0 Å². The SMILES string of the molecule is O=C(C[C@@H]1CN(C(=O)c2cccc(O)c2)Cc2ccnn21)NC1CC(F)(F)C1. The molecule has 1 aromatic heterocycles. The minimum atomic E-state index is -2.69. The number of phenolic OH excluding ortho intramolecular Hbond substituents is 1. The number of hydrogen-bond acceptors (Lipinski definition) is 4.